The van der Waals surface area contributed by atoms with Crippen molar-refractivity contribution in [3.05, 3.63) is 34.3 Å². The Labute approximate surface area is 147 Å². The first-order valence-electron chi connectivity index (χ1n) is 6.63. The first-order valence-corrected chi connectivity index (χ1v) is 7.42. The van der Waals surface area contributed by atoms with Crippen LogP contribution in [-0.4, -0.2) is 43.5 Å². The summed E-state index contributed by atoms with van der Waals surface area (Å²) < 4.78 is 1.05. The molecule has 1 saturated heterocycles. The van der Waals surface area contributed by atoms with Crippen molar-refractivity contribution in [1.29, 1.82) is 0 Å². The predicted octanol–water partition coefficient (Wildman–Crippen LogP) is 2.38. The lowest BCUT2D eigenvalue weighted by Crippen LogP contribution is -2.47. The van der Waals surface area contributed by atoms with E-state index in [0.717, 1.165) is 36.2 Å². The molecule has 2 rings (SSSR count). The van der Waals surface area contributed by atoms with Crippen LogP contribution < -0.4 is 10.6 Å². The summed E-state index contributed by atoms with van der Waals surface area (Å²) in [5.74, 6) is 0.0947. The molecule has 1 aliphatic heterocycles. The first-order chi connectivity index (χ1) is 9.15. The van der Waals surface area contributed by atoms with Gasteiger partial charge in [-0.3, -0.25) is 9.69 Å². The SMILES string of the molecule is CC(NC(=O)CN1CCNCC1)c1ccc(Br)cc1.Cl.Cl. The first kappa shape index (κ1) is 20.7. The fourth-order valence-corrected chi connectivity index (χ4v) is 2.46. The summed E-state index contributed by atoms with van der Waals surface area (Å²) in [5, 5.41) is 6.33. The Bertz CT molecular complexity index is 425. The fraction of sp³-hybridized carbons (Fsp3) is 0.500. The summed E-state index contributed by atoms with van der Waals surface area (Å²) in [6.07, 6.45) is 0. The Morgan fingerprint density at radius 1 is 1.29 bits per heavy atom. The Morgan fingerprint density at radius 2 is 1.86 bits per heavy atom. The van der Waals surface area contributed by atoms with Gasteiger partial charge in [0, 0.05) is 30.7 Å². The molecule has 1 fully saturated rings. The second-order valence-electron chi connectivity index (χ2n) is 4.87. The van der Waals surface area contributed by atoms with Crippen molar-refractivity contribution < 1.29 is 4.79 Å². The van der Waals surface area contributed by atoms with Gasteiger partial charge in [0.05, 0.1) is 12.6 Å². The summed E-state index contributed by atoms with van der Waals surface area (Å²) in [4.78, 5) is 14.2. The van der Waals surface area contributed by atoms with Gasteiger partial charge in [0.15, 0.2) is 0 Å². The Hall–Kier alpha value is -0.330. The van der Waals surface area contributed by atoms with E-state index in [1.54, 1.807) is 0 Å². The second-order valence-corrected chi connectivity index (χ2v) is 5.78. The number of benzene rings is 1. The van der Waals surface area contributed by atoms with Crippen molar-refractivity contribution >= 4 is 46.7 Å². The topological polar surface area (TPSA) is 44.4 Å². The number of amides is 1. The molecule has 1 amide bonds. The molecular formula is C14H22BrCl2N3O. The van der Waals surface area contributed by atoms with Gasteiger partial charge < -0.3 is 10.6 Å². The zero-order valence-electron chi connectivity index (χ0n) is 12.0. The van der Waals surface area contributed by atoms with Crippen molar-refractivity contribution in [1.82, 2.24) is 15.5 Å². The maximum absolute atomic E-state index is 12.0. The third-order valence-corrected chi connectivity index (χ3v) is 3.85. The molecule has 2 N–H and O–H groups in total. The minimum Gasteiger partial charge on any atom is -0.348 e. The van der Waals surface area contributed by atoms with Crippen LogP contribution in [0, 0.1) is 0 Å². The highest BCUT2D eigenvalue weighted by molar-refractivity contribution is 9.10. The summed E-state index contributed by atoms with van der Waals surface area (Å²) in [6, 6.07) is 8.09. The van der Waals surface area contributed by atoms with Crippen molar-refractivity contribution in [2.75, 3.05) is 32.7 Å². The molecule has 0 spiro atoms. The van der Waals surface area contributed by atoms with Crippen LogP contribution >= 0.6 is 40.7 Å². The molecule has 1 atom stereocenters. The van der Waals surface area contributed by atoms with E-state index in [1.165, 1.54) is 0 Å². The summed E-state index contributed by atoms with van der Waals surface area (Å²) in [5.41, 5.74) is 1.12. The maximum Gasteiger partial charge on any atom is 0.234 e. The second kappa shape index (κ2) is 10.4. The van der Waals surface area contributed by atoms with Crippen LogP contribution in [0.4, 0.5) is 0 Å². The number of nitrogens with zero attached hydrogens (tertiary/aromatic N) is 1. The average Bonchev–Trinajstić information content (AvgIpc) is 2.40. The number of carbonyl (C=O) groups excluding carboxylic acids is 1. The molecule has 1 unspecified atom stereocenters. The van der Waals surface area contributed by atoms with Crippen LogP contribution in [0.25, 0.3) is 0 Å². The van der Waals surface area contributed by atoms with Crippen LogP contribution in [0.3, 0.4) is 0 Å². The molecule has 21 heavy (non-hydrogen) atoms. The summed E-state index contributed by atoms with van der Waals surface area (Å²) >= 11 is 3.41. The fourth-order valence-electron chi connectivity index (χ4n) is 2.19. The molecule has 0 aromatic heterocycles. The molecule has 0 aliphatic carbocycles. The number of hydrogen-bond acceptors (Lipinski definition) is 3. The van der Waals surface area contributed by atoms with Gasteiger partial charge in [-0.2, -0.15) is 0 Å². The van der Waals surface area contributed by atoms with Gasteiger partial charge in [0.25, 0.3) is 0 Å². The van der Waals surface area contributed by atoms with Gasteiger partial charge in [0.1, 0.15) is 0 Å². The molecule has 1 heterocycles. The van der Waals surface area contributed by atoms with Gasteiger partial charge in [-0.15, -0.1) is 24.8 Å². The van der Waals surface area contributed by atoms with E-state index in [0.29, 0.717) is 6.54 Å². The standard InChI is InChI=1S/C14H20BrN3O.2ClH/c1-11(12-2-4-13(15)5-3-12)17-14(19)10-18-8-6-16-7-9-18;;/h2-5,11,16H,6-10H2,1H3,(H,17,19);2*1H. The van der Waals surface area contributed by atoms with Gasteiger partial charge in [-0.05, 0) is 24.6 Å². The van der Waals surface area contributed by atoms with E-state index in [2.05, 4.69) is 31.5 Å². The third kappa shape index (κ3) is 6.98. The Morgan fingerprint density at radius 3 is 2.43 bits per heavy atom. The smallest absolute Gasteiger partial charge is 0.234 e. The number of nitrogens with one attached hydrogen (secondary N) is 2. The van der Waals surface area contributed by atoms with Crippen LogP contribution in [0.5, 0.6) is 0 Å². The van der Waals surface area contributed by atoms with E-state index in [9.17, 15) is 4.79 Å². The van der Waals surface area contributed by atoms with Gasteiger partial charge in [-0.25, -0.2) is 0 Å². The van der Waals surface area contributed by atoms with E-state index in [4.69, 9.17) is 0 Å². The number of rotatable bonds is 4. The zero-order chi connectivity index (χ0) is 13.7. The molecule has 1 aromatic carbocycles. The number of carbonyl (C=O) groups is 1. The van der Waals surface area contributed by atoms with Crippen LogP contribution in [0.15, 0.2) is 28.7 Å². The summed E-state index contributed by atoms with van der Waals surface area (Å²) in [7, 11) is 0. The van der Waals surface area contributed by atoms with Gasteiger partial charge >= 0.3 is 0 Å². The maximum atomic E-state index is 12.0. The monoisotopic (exact) mass is 397 g/mol. The van der Waals surface area contributed by atoms with Crippen molar-refractivity contribution in [3.8, 4) is 0 Å². The van der Waals surface area contributed by atoms with Crippen LogP contribution in [0.1, 0.15) is 18.5 Å². The molecule has 1 aliphatic rings. The molecule has 4 nitrogen and oxygen atoms in total. The van der Waals surface area contributed by atoms with Crippen molar-refractivity contribution in [2.45, 2.75) is 13.0 Å². The zero-order valence-corrected chi connectivity index (χ0v) is 15.2. The van der Waals surface area contributed by atoms with E-state index in [-0.39, 0.29) is 36.8 Å². The molecule has 1 aromatic rings. The van der Waals surface area contributed by atoms with E-state index in [1.807, 2.05) is 31.2 Å². The lowest BCUT2D eigenvalue weighted by Gasteiger charge is -2.27. The minimum absolute atomic E-state index is 0. The Kier molecular flexibility index (Phi) is 10.2. The van der Waals surface area contributed by atoms with Crippen molar-refractivity contribution in [3.63, 3.8) is 0 Å². The predicted molar refractivity (Wildman–Crippen MR) is 94.5 cm³/mol. The van der Waals surface area contributed by atoms with Crippen LogP contribution in [-0.2, 0) is 4.79 Å². The number of piperazine rings is 1. The molecule has 0 bridgehead atoms. The normalized spacial score (nSPS) is 16.3. The van der Waals surface area contributed by atoms with E-state index >= 15 is 0 Å². The lowest BCUT2D eigenvalue weighted by molar-refractivity contribution is -0.123. The molecule has 0 saturated carbocycles. The summed E-state index contributed by atoms with van der Waals surface area (Å²) in [6.45, 7) is 6.33. The molecule has 120 valence electrons. The van der Waals surface area contributed by atoms with Gasteiger partial charge in [-0.1, -0.05) is 28.1 Å². The van der Waals surface area contributed by atoms with Crippen LogP contribution in [0.2, 0.25) is 0 Å². The minimum atomic E-state index is 0. The number of halogens is 3. The van der Waals surface area contributed by atoms with Gasteiger partial charge in [0.2, 0.25) is 5.91 Å². The average molecular weight is 399 g/mol. The Balaban J connectivity index is 0.00000200. The van der Waals surface area contributed by atoms with E-state index < -0.39 is 0 Å². The number of hydrogen-bond donors (Lipinski definition) is 2. The molecule has 0 radical (unpaired) electrons. The molecular weight excluding hydrogens is 377 g/mol. The molecule has 7 heteroatoms. The highest BCUT2D eigenvalue weighted by Gasteiger charge is 2.15. The third-order valence-electron chi connectivity index (χ3n) is 3.32. The van der Waals surface area contributed by atoms with Crippen molar-refractivity contribution in [2.24, 2.45) is 0 Å². The quantitative estimate of drug-likeness (QED) is 0.818. The highest BCUT2D eigenvalue weighted by Crippen LogP contribution is 2.16. The highest BCUT2D eigenvalue weighted by atomic mass is 79.9. The largest absolute Gasteiger partial charge is 0.348 e. The lowest BCUT2D eigenvalue weighted by atomic mass is 10.1.